The summed E-state index contributed by atoms with van der Waals surface area (Å²) in [7, 11) is 3.26. The second-order valence-electron chi connectivity index (χ2n) is 3.97. The number of aromatic nitrogens is 3. The first-order valence-corrected chi connectivity index (χ1v) is 5.49. The van der Waals surface area contributed by atoms with Gasteiger partial charge in [0.15, 0.2) is 0 Å². The quantitative estimate of drug-likeness (QED) is 0.736. The molecule has 0 aliphatic carbocycles. The Labute approximate surface area is 105 Å². The summed E-state index contributed by atoms with van der Waals surface area (Å²) in [6, 6.07) is -1.29. The number of nitrogens with zero attached hydrogens (tertiary/aromatic N) is 4. The number of carboxylic acids is 1. The molecule has 100 valence electrons. The molecule has 1 atom stereocenters. The molecule has 1 unspecified atom stereocenters. The minimum atomic E-state index is -1.04. The molecule has 1 aromatic rings. The van der Waals surface area contributed by atoms with Gasteiger partial charge in [0.25, 0.3) is 0 Å². The van der Waals surface area contributed by atoms with Crippen LogP contribution in [0.3, 0.4) is 0 Å². The van der Waals surface area contributed by atoms with Crippen LogP contribution < -0.4 is 5.32 Å². The van der Waals surface area contributed by atoms with Crippen molar-refractivity contribution < 1.29 is 14.7 Å². The fraction of sp³-hybridized carbons (Fsp3) is 0.600. The number of aliphatic carboxylic acids is 1. The maximum atomic E-state index is 11.6. The molecular formula is C10H17N5O3. The first kappa shape index (κ1) is 13.9. The van der Waals surface area contributed by atoms with Crippen LogP contribution in [0.25, 0.3) is 0 Å². The molecule has 0 saturated heterocycles. The van der Waals surface area contributed by atoms with Crippen molar-refractivity contribution in [2.24, 2.45) is 7.05 Å². The van der Waals surface area contributed by atoms with E-state index in [4.69, 9.17) is 5.11 Å². The summed E-state index contributed by atoms with van der Waals surface area (Å²) in [4.78, 5) is 23.5. The van der Waals surface area contributed by atoms with Crippen molar-refractivity contribution in [2.75, 3.05) is 13.6 Å². The molecule has 0 fully saturated rings. The van der Waals surface area contributed by atoms with E-state index in [2.05, 4.69) is 15.5 Å². The van der Waals surface area contributed by atoms with Gasteiger partial charge in [-0.2, -0.15) is 0 Å². The third kappa shape index (κ3) is 3.44. The highest BCUT2D eigenvalue weighted by Gasteiger charge is 2.21. The van der Waals surface area contributed by atoms with E-state index in [1.807, 2.05) is 7.05 Å². The number of carbonyl (C=O) groups is 2. The van der Waals surface area contributed by atoms with Gasteiger partial charge < -0.3 is 19.9 Å². The number of amides is 2. The van der Waals surface area contributed by atoms with E-state index in [0.717, 1.165) is 10.7 Å². The lowest BCUT2D eigenvalue weighted by atomic mass is 10.3. The van der Waals surface area contributed by atoms with Crippen molar-refractivity contribution in [3.05, 3.63) is 12.2 Å². The third-order valence-electron chi connectivity index (χ3n) is 2.69. The molecule has 0 aromatic carbocycles. The van der Waals surface area contributed by atoms with Crippen molar-refractivity contribution in [2.45, 2.75) is 19.4 Å². The van der Waals surface area contributed by atoms with Crippen LogP contribution in [0.15, 0.2) is 6.33 Å². The fourth-order valence-corrected chi connectivity index (χ4v) is 1.28. The SMILES string of the molecule is CC(C(=O)O)N(C)C(=O)NCCc1nncn1C. The second-order valence-corrected chi connectivity index (χ2v) is 3.97. The molecule has 2 N–H and O–H groups in total. The van der Waals surface area contributed by atoms with Gasteiger partial charge in [0, 0.05) is 27.1 Å². The molecule has 1 heterocycles. The highest BCUT2D eigenvalue weighted by atomic mass is 16.4. The van der Waals surface area contributed by atoms with E-state index in [1.54, 1.807) is 10.9 Å². The van der Waals surface area contributed by atoms with Crippen LogP contribution in [0.1, 0.15) is 12.7 Å². The Kier molecular flexibility index (Phi) is 4.64. The number of carboxylic acid groups (broad SMARTS) is 1. The molecule has 0 spiro atoms. The van der Waals surface area contributed by atoms with Gasteiger partial charge >= 0.3 is 12.0 Å². The smallest absolute Gasteiger partial charge is 0.326 e. The Balaban J connectivity index is 2.38. The lowest BCUT2D eigenvalue weighted by molar-refractivity contribution is -0.141. The van der Waals surface area contributed by atoms with E-state index in [-0.39, 0.29) is 0 Å². The zero-order valence-corrected chi connectivity index (χ0v) is 10.6. The first-order chi connectivity index (χ1) is 8.43. The predicted molar refractivity (Wildman–Crippen MR) is 63.0 cm³/mol. The number of hydrogen-bond acceptors (Lipinski definition) is 4. The molecule has 0 radical (unpaired) electrons. The van der Waals surface area contributed by atoms with E-state index < -0.39 is 18.0 Å². The molecule has 8 heteroatoms. The van der Waals surface area contributed by atoms with E-state index >= 15 is 0 Å². The number of aryl methyl sites for hydroxylation is 1. The molecule has 2 amide bonds. The Hall–Kier alpha value is -2.12. The second kappa shape index (κ2) is 5.99. The van der Waals surface area contributed by atoms with Gasteiger partial charge in [-0.25, -0.2) is 9.59 Å². The Morgan fingerprint density at radius 1 is 1.61 bits per heavy atom. The Bertz CT molecular complexity index is 431. The highest BCUT2D eigenvalue weighted by molar-refractivity contribution is 5.82. The summed E-state index contributed by atoms with van der Waals surface area (Å²) in [6.07, 6.45) is 2.12. The van der Waals surface area contributed by atoms with Crippen LogP contribution in [-0.4, -0.2) is 56.4 Å². The largest absolute Gasteiger partial charge is 0.480 e. The van der Waals surface area contributed by atoms with Gasteiger partial charge in [-0.05, 0) is 6.92 Å². The molecule has 0 aliphatic heterocycles. The molecule has 0 bridgehead atoms. The zero-order valence-electron chi connectivity index (χ0n) is 10.6. The molecule has 18 heavy (non-hydrogen) atoms. The Morgan fingerprint density at radius 3 is 2.78 bits per heavy atom. The van der Waals surface area contributed by atoms with Gasteiger partial charge in [0.05, 0.1) is 0 Å². The topological polar surface area (TPSA) is 100 Å². The first-order valence-electron chi connectivity index (χ1n) is 5.49. The maximum Gasteiger partial charge on any atom is 0.326 e. The summed E-state index contributed by atoms with van der Waals surface area (Å²) in [6.45, 7) is 1.83. The van der Waals surface area contributed by atoms with Crippen LogP contribution in [0.5, 0.6) is 0 Å². The van der Waals surface area contributed by atoms with Gasteiger partial charge in [0.2, 0.25) is 0 Å². The number of likely N-dealkylation sites (N-methyl/N-ethyl adjacent to an activating group) is 1. The molecule has 0 aliphatic rings. The van der Waals surface area contributed by atoms with Crippen LogP contribution in [0.4, 0.5) is 4.79 Å². The van der Waals surface area contributed by atoms with Gasteiger partial charge in [-0.1, -0.05) is 0 Å². The summed E-state index contributed by atoms with van der Waals surface area (Å²) in [5.74, 6) is -0.287. The number of urea groups is 1. The summed E-state index contributed by atoms with van der Waals surface area (Å²) in [5, 5.41) is 19.0. The standard InChI is InChI=1S/C10H17N5O3/c1-7(9(16)17)15(3)10(18)11-5-4-8-13-12-6-14(8)2/h6-7H,4-5H2,1-3H3,(H,11,18)(H,16,17). The van der Waals surface area contributed by atoms with Gasteiger partial charge in [0.1, 0.15) is 18.2 Å². The van der Waals surface area contributed by atoms with E-state index in [0.29, 0.717) is 13.0 Å². The van der Waals surface area contributed by atoms with Gasteiger partial charge in [-0.15, -0.1) is 10.2 Å². The molecule has 1 rings (SSSR count). The fourth-order valence-electron chi connectivity index (χ4n) is 1.28. The molecule has 8 nitrogen and oxygen atoms in total. The van der Waals surface area contributed by atoms with Crippen molar-refractivity contribution in [1.29, 1.82) is 0 Å². The summed E-state index contributed by atoms with van der Waals surface area (Å²) < 4.78 is 1.76. The van der Waals surface area contributed by atoms with Crippen LogP contribution in [-0.2, 0) is 18.3 Å². The van der Waals surface area contributed by atoms with Crippen LogP contribution >= 0.6 is 0 Å². The predicted octanol–water partition coefficient (Wildman–Crippen LogP) is -0.528. The molecule has 0 saturated carbocycles. The lowest BCUT2D eigenvalue weighted by Crippen LogP contribution is -2.46. The summed E-state index contributed by atoms with van der Waals surface area (Å²) in [5.41, 5.74) is 0. The van der Waals surface area contributed by atoms with Crippen molar-refractivity contribution in [3.63, 3.8) is 0 Å². The lowest BCUT2D eigenvalue weighted by Gasteiger charge is -2.21. The number of nitrogens with one attached hydrogen (secondary N) is 1. The number of hydrogen-bond donors (Lipinski definition) is 2. The monoisotopic (exact) mass is 255 g/mol. The normalized spacial score (nSPS) is 11.9. The minimum absolute atomic E-state index is 0.377. The van der Waals surface area contributed by atoms with E-state index in [1.165, 1.54) is 14.0 Å². The molecular weight excluding hydrogens is 238 g/mol. The van der Waals surface area contributed by atoms with Crippen LogP contribution in [0, 0.1) is 0 Å². The molecule has 1 aromatic heterocycles. The van der Waals surface area contributed by atoms with Gasteiger partial charge in [-0.3, -0.25) is 0 Å². The number of carbonyl (C=O) groups excluding carboxylic acids is 1. The number of rotatable bonds is 5. The maximum absolute atomic E-state index is 11.6. The average Bonchev–Trinajstić information content (AvgIpc) is 2.73. The summed E-state index contributed by atoms with van der Waals surface area (Å²) >= 11 is 0. The Morgan fingerprint density at radius 2 is 2.28 bits per heavy atom. The average molecular weight is 255 g/mol. The van der Waals surface area contributed by atoms with Crippen molar-refractivity contribution in [1.82, 2.24) is 25.0 Å². The van der Waals surface area contributed by atoms with Crippen molar-refractivity contribution in [3.8, 4) is 0 Å². The zero-order chi connectivity index (χ0) is 13.7. The van der Waals surface area contributed by atoms with Crippen LogP contribution in [0.2, 0.25) is 0 Å². The highest BCUT2D eigenvalue weighted by Crippen LogP contribution is 1.97. The van der Waals surface area contributed by atoms with Crippen molar-refractivity contribution >= 4 is 12.0 Å². The minimum Gasteiger partial charge on any atom is -0.480 e. The third-order valence-corrected chi connectivity index (χ3v) is 2.69. The van der Waals surface area contributed by atoms with E-state index in [9.17, 15) is 9.59 Å².